The maximum absolute atomic E-state index is 13.5. The monoisotopic (exact) mass is 435 g/mol. The fourth-order valence-electron chi connectivity index (χ4n) is 4.87. The predicted octanol–water partition coefficient (Wildman–Crippen LogP) is 2.89. The molecule has 30 heavy (non-hydrogen) atoms. The standard InChI is InChI=1S/C22H30ClN3O4/c1-21(2)14-22(17-13-15(23)5-6-18(17)30-21)19(28)26(20(29)24-22)10-4-3-9-25-11-7-16(27)8-12-25/h5-6,13,16,27H,3-4,7-12,14H2,1-2H3,(H,24,29). The number of carbonyl (C=O) groups is 2. The first-order chi connectivity index (χ1) is 14.2. The number of urea groups is 1. The van der Waals surface area contributed by atoms with Crippen molar-refractivity contribution in [3.8, 4) is 5.75 Å². The number of amides is 3. The minimum Gasteiger partial charge on any atom is -0.487 e. The van der Waals surface area contributed by atoms with Crippen LogP contribution in [0, 0.1) is 0 Å². The minimum absolute atomic E-state index is 0.177. The number of nitrogens with one attached hydrogen (secondary N) is 1. The molecule has 3 aliphatic heterocycles. The Hall–Kier alpha value is -1.83. The molecule has 0 aliphatic carbocycles. The molecule has 0 radical (unpaired) electrons. The van der Waals surface area contributed by atoms with Crippen LogP contribution in [0.15, 0.2) is 18.2 Å². The molecule has 1 spiro atoms. The summed E-state index contributed by atoms with van der Waals surface area (Å²) < 4.78 is 6.05. The molecule has 8 heteroatoms. The summed E-state index contributed by atoms with van der Waals surface area (Å²) in [6.45, 7) is 6.95. The first-order valence-electron chi connectivity index (χ1n) is 10.7. The number of unbranched alkanes of at least 4 members (excludes halogenated alkanes) is 1. The van der Waals surface area contributed by atoms with E-state index in [-0.39, 0.29) is 18.0 Å². The average Bonchev–Trinajstić information content (AvgIpc) is 2.91. The number of rotatable bonds is 5. The maximum atomic E-state index is 13.5. The Morgan fingerprint density at radius 3 is 2.63 bits per heavy atom. The highest BCUT2D eigenvalue weighted by molar-refractivity contribution is 6.30. The number of fused-ring (bicyclic) bond motifs is 2. The zero-order valence-corrected chi connectivity index (χ0v) is 18.4. The van der Waals surface area contributed by atoms with Crippen LogP contribution >= 0.6 is 11.6 Å². The van der Waals surface area contributed by atoms with Gasteiger partial charge in [0.15, 0.2) is 5.54 Å². The number of hydrogen-bond acceptors (Lipinski definition) is 5. The van der Waals surface area contributed by atoms with Crippen LogP contribution in [-0.2, 0) is 10.3 Å². The number of imide groups is 1. The molecule has 0 saturated carbocycles. The van der Waals surface area contributed by atoms with Gasteiger partial charge in [0.2, 0.25) is 0 Å². The van der Waals surface area contributed by atoms with E-state index in [1.807, 2.05) is 13.8 Å². The number of halogens is 1. The molecular weight excluding hydrogens is 406 g/mol. The van der Waals surface area contributed by atoms with Crippen LogP contribution in [0.4, 0.5) is 4.79 Å². The second kappa shape index (κ2) is 8.02. The Morgan fingerprint density at radius 1 is 1.20 bits per heavy atom. The van der Waals surface area contributed by atoms with Crippen LogP contribution in [-0.4, -0.2) is 64.7 Å². The zero-order valence-electron chi connectivity index (χ0n) is 17.6. The van der Waals surface area contributed by atoms with E-state index in [0.717, 1.165) is 45.3 Å². The molecule has 0 aromatic heterocycles. The summed E-state index contributed by atoms with van der Waals surface area (Å²) in [5, 5.41) is 13.1. The van der Waals surface area contributed by atoms with Gasteiger partial charge in [0.25, 0.3) is 5.91 Å². The Labute approximate surface area is 182 Å². The van der Waals surface area contributed by atoms with E-state index in [1.165, 1.54) is 4.90 Å². The van der Waals surface area contributed by atoms with Crippen molar-refractivity contribution in [1.29, 1.82) is 0 Å². The van der Waals surface area contributed by atoms with E-state index in [9.17, 15) is 14.7 Å². The van der Waals surface area contributed by atoms with E-state index in [4.69, 9.17) is 16.3 Å². The number of hydrogen-bond donors (Lipinski definition) is 2. The fraction of sp³-hybridized carbons (Fsp3) is 0.636. The molecule has 1 unspecified atom stereocenters. The summed E-state index contributed by atoms with van der Waals surface area (Å²) in [6.07, 6.45) is 3.45. The third-order valence-corrected chi connectivity index (χ3v) is 6.55. The summed E-state index contributed by atoms with van der Waals surface area (Å²) in [5.41, 5.74) is -1.11. The lowest BCUT2D eigenvalue weighted by Gasteiger charge is -2.42. The Balaban J connectivity index is 1.44. The molecule has 2 N–H and O–H groups in total. The molecule has 3 aliphatic rings. The van der Waals surface area contributed by atoms with E-state index >= 15 is 0 Å². The molecule has 1 aromatic rings. The van der Waals surface area contributed by atoms with E-state index < -0.39 is 11.1 Å². The van der Waals surface area contributed by atoms with Crippen molar-refractivity contribution >= 4 is 23.5 Å². The number of carbonyl (C=O) groups excluding carboxylic acids is 2. The van der Waals surface area contributed by atoms with Crippen molar-refractivity contribution in [2.45, 2.75) is 63.2 Å². The second-order valence-electron chi connectivity index (χ2n) is 9.25. The molecule has 2 fully saturated rings. The number of nitrogens with zero attached hydrogens (tertiary/aromatic N) is 2. The molecule has 7 nitrogen and oxygen atoms in total. The first-order valence-corrected chi connectivity index (χ1v) is 11.1. The van der Waals surface area contributed by atoms with Gasteiger partial charge in [-0.05, 0) is 64.3 Å². The Morgan fingerprint density at radius 2 is 1.90 bits per heavy atom. The van der Waals surface area contributed by atoms with Gasteiger partial charge in [0.1, 0.15) is 11.4 Å². The van der Waals surface area contributed by atoms with Crippen LogP contribution in [0.5, 0.6) is 5.75 Å². The third-order valence-electron chi connectivity index (χ3n) is 6.32. The van der Waals surface area contributed by atoms with Crippen LogP contribution in [0.1, 0.15) is 51.5 Å². The van der Waals surface area contributed by atoms with Crippen molar-refractivity contribution in [2.24, 2.45) is 0 Å². The fourth-order valence-corrected chi connectivity index (χ4v) is 5.04. The zero-order chi connectivity index (χ0) is 21.5. The van der Waals surface area contributed by atoms with E-state index in [1.54, 1.807) is 18.2 Å². The average molecular weight is 436 g/mol. The SMILES string of the molecule is CC1(C)CC2(NC(=O)N(CCCCN3CCC(O)CC3)C2=O)c2cc(Cl)ccc2O1. The summed E-state index contributed by atoms with van der Waals surface area (Å²) in [5.74, 6) is 0.354. The predicted molar refractivity (Wildman–Crippen MR) is 114 cm³/mol. The first kappa shape index (κ1) is 21.4. The number of aliphatic hydroxyl groups excluding tert-OH is 1. The molecule has 3 amide bonds. The number of ether oxygens (including phenoxy) is 1. The molecule has 2 saturated heterocycles. The molecular formula is C22H30ClN3O4. The van der Waals surface area contributed by atoms with Gasteiger partial charge in [-0.2, -0.15) is 0 Å². The highest BCUT2D eigenvalue weighted by Gasteiger charge is 2.58. The van der Waals surface area contributed by atoms with Crippen molar-refractivity contribution < 1.29 is 19.4 Å². The number of aliphatic hydroxyl groups is 1. The molecule has 4 rings (SSSR count). The topological polar surface area (TPSA) is 82.1 Å². The van der Waals surface area contributed by atoms with Crippen molar-refractivity contribution in [2.75, 3.05) is 26.2 Å². The second-order valence-corrected chi connectivity index (χ2v) is 9.69. The number of piperidine rings is 1. The largest absolute Gasteiger partial charge is 0.487 e. The molecule has 1 aromatic carbocycles. The quantitative estimate of drug-likeness (QED) is 0.549. The summed E-state index contributed by atoms with van der Waals surface area (Å²) >= 11 is 6.20. The van der Waals surface area contributed by atoms with Crippen molar-refractivity contribution in [1.82, 2.24) is 15.1 Å². The van der Waals surface area contributed by atoms with Gasteiger partial charge in [-0.1, -0.05) is 11.6 Å². The minimum atomic E-state index is -1.14. The Kier molecular flexibility index (Phi) is 5.72. The maximum Gasteiger partial charge on any atom is 0.325 e. The third kappa shape index (κ3) is 4.03. The van der Waals surface area contributed by atoms with Crippen LogP contribution in [0.3, 0.4) is 0 Å². The van der Waals surface area contributed by atoms with Crippen molar-refractivity contribution in [3.05, 3.63) is 28.8 Å². The van der Waals surface area contributed by atoms with Gasteiger partial charge in [-0.25, -0.2) is 4.79 Å². The van der Waals surface area contributed by atoms with Gasteiger partial charge in [-0.15, -0.1) is 0 Å². The van der Waals surface area contributed by atoms with E-state index in [2.05, 4.69) is 10.2 Å². The lowest BCUT2D eigenvalue weighted by Crippen LogP contribution is -2.53. The summed E-state index contributed by atoms with van der Waals surface area (Å²) in [4.78, 5) is 29.9. The molecule has 164 valence electrons. The number of likely N-dealkylation sites (tertiary alicyclic amines) is 1. The smallest absolute Gasteiger partial charge is 0.325 e. The van der Waals surface area contributed by atoms with Gasteiger partial charge in [-0.3, -0.25) is 9.69 Å². The van der Waals surface area contributed by atoms with Gasteiger partial charge >= 0.3 is 6.03 Å². The van der Waals surface area contributed by atoms with Gasteiger partial charge in [0, 0.05) is 36.6 Å². The highest BCUT2D eigenvalue weighted by atomic mass is 35.5. The molecule has 3 heterocycles. The summed E-state index contributed by atoms with van der Waals surface area (Å²) in [7, 11) is 0. The lowest BCUT2D eigenvalue weighted by molar-refractivity contribution is -0.134. The lowest BCUT2D eigenvalue weighted by atomic mass is 9.77. The van der Waals surface area contributed by atoms with Crippen LogP contribution in [0.25, 0.3) is 0 Å². The summed E-state index contributed by atoms with van der Waals surface area (Å²) in [6, 6.07) is 4.86. The van der Waals surface area contributed by atoms with Gasteiger partial charge in [0.05, 0.1) is 6.10 Å². The molecule has 0 bridgehead atoms. The van der Waals surface area contributed by atoms with Gasteiger partial charge < -0.3 is 20.1 Å². The van der Waals surface area contributed by atoms with Crippen LogP contribution < -0.4 is 10.1 Å². The normalized spacial score (nSPS) is 26.6. The Bertz CT molecular complexity index is 838. The number of benzene rings is 1. The highest BCUT2D eigenvalue weighted by Crippen LogP contribution is 2.47. The van der Waals surface area contributed by atoms with Crippen LogP contribution in [0.2, 0.25) is 5.02 Å². The van der Waals surface area contributed by atoms with E-state index in [0.29, 0.717) is 29.3 Å². The molecule has 1 atom stereocenters. The van der Waals surface area contributed by atoms with Crippen molar-refractivity contribution in [3.63, 3.8) is 0 Å².